The molecule has 0 spiro atoms. The van der Waals surface area contributed by atoms with Gasteiger partial charge in [0.1, 0.15) is 0 Å². The highest BCUT2D eigenvalue weighted by Crippen LogP contribution is 2.29. The number of hydrogen-bond acceptors (Lipinski definition) is 4. The van der Waals surface area contributed by atoms with Crippen molar-refractivity contribution in [1.82, 2.24) is 4.31 Å². The number of ether oxygens (including phenoxy) is 1. The third-order valence-electron chi connectivity index (χ3n) is 4.28. The fourth-order valence-corrected chi connectivity index (χ4v) is 5.18. The molecule has 0 aromatic heterocycles. The van der Waals surface area contributed by atoms with E-state index < -0.39 is 10.0 Å². The van der Waals surface area contributed by atoms with Crippen molar-refractivity contribution in [2.45, 2.75) is 45.4 Å². The highest BCUT2D eigenvalue weighted by molar-refractivity contribution is 7.89. The molecule has 6 heteroatoms. The molecule has 2 rings (SSSR count). The summed E-state index contributed by atoms with van der Waals surface area (Å²) < 4.78 is 32.4. The van der Waals surface area contributed by atoms with Crippen LogP contribution in [-0.4, -0.2) is 38.4 Å². The molecule has 0 aliphatic carbocycles. The standard InChI is InChI=1S/C17H25NO4S/c1-5-22-17(19)15-6-8-18(9-7-15)23(20,21)16-13(3)10-12(2)11-14(16)4/h10-11,15H,5-9H2,1-4H3. The van der Waals surface area contributed by atoms with E-state index in [9.17, 15) is 13.2 Å². The first kappa shape index (κ1) is 17.9. The van der Waals surface area contributed by atoms with E-state index in [0.717, 1.165) is 16.7 Å². The minimum absolute atomic E-state index is 0.193. The van der Waals surface area contributed by atoms with Gasteiger partial charge < -0.3 is 4.74 Å². The Kier molecular flexibility index (Phi) is 5.47. The van der Waals surface area contributed by atoms with Crippen LogP contribution in [0.5, 0.6) is 0 Å². The molecule has 0 atom stereocenters. The topological polar surface area (TPSA) is 63.7 Å². The van der Waals surface area contributed by atoms with E-state index in [1.54, 1.807) is 6.92 Å². The predicted octanol–water partition coefficient (Wildman–Crippen LogP) is 2.58. The van der Waals surface area contributed by atoms with Crippen LogP contribution in [0.4, 0.5) is 0 Å². The van der Waals surface area contributed by atoms with Crippen LogP contribution in [0.1, 0.15) is 36.5 Å². The molecule has 23 heavy (non-hydrogen) atoms. The molecule has 128 valence electrons. The Hall–Kier alpha value is -1.40. The maximum absolute atomic E-state index is 13.0. The molecule has 1 fully saturated rings. The van der Waals surface area contributed by atoms with E-state index in [4.69, 9.17) is 4.74 Å². The number of aryl methyl sites for hydroxylation is 3. The number of sulfonamides is 1. The average Bonchev–Trinajstić information content (AvgIpc) is 2.46. The maximum atomic E-state index is 13.0. The second-order valence-corrected chi connectivity index (χ2v) is 8.03. The molecule has 0 N–H and O–H groups in total. The van der Waals surface area contributed by atoms with E-state index in [2.05, 4.69) is 0 Å². The van der Waals surface area contributed by atoms with Gasteiger partial charge in [0.25, 0.3) is 0 Å². The molecule has 1 aromatic rings. The van der Waals surface area contributed by atoms with Gasteiger partial charge in [-0.05, 0) is 51.7 Å². The van der Waals surface area contributed by atoms with Gasteiger partial charge in [0.15, 0.2) is 0 Å². The SMILES string of the molecule is CCOC(=O)C1CCN(S(=O)(=O)c2c(C)cc(C)cc2C)CC1. The molecule has 0 unspecified atom stereocenters. The van der Waals surface area contributed by atoms with Crippen LogP contribution in [0.15, 0.2) is 17.0 Å². The van der Waals surface area contributed by atoms with E-state index in [1.807, 2.05) is 32.9 Å². The lowest BCUT2D eigenvalue weighted by atomic mass is 9.98. The minimum atomic E-state index is -3.52. The summed E-state index contributed by atoms with van der Waals surface area (Å²) in [6.07, 6.45) is 1.03. The van der Waals surface area contributed by atoms with Crippen LogP contribution in [0.25, 0.3) is 0 Å². The summed E-state index contributed by atoms with van der Waals surface area (Å²) >= 11 is 0. The van der Waals surface area contributed by atoms with Crippen molar-refractivity contribution in [3.8, 4) is 0 Å². The number of carbonyl (C=O) groups excluding carboxylic acids is 1. The summed E-state index contributed by atoms with van der Waals surface area (Å²) in [7, 11) is -3.52. The monoisotopic (exact) mass is 339 g/mol. The summed E-state index contributed by atoms with van der Waals surface area (Å²) in [6, 6.07) is 3.79. The Morgan fingerprint density at radius 3 is 2.17 bits per heavy atom. The second-order valence-electron chi connectivity index (χ2n) is 6.16. The zero-order valence-electron chi connectivity index (χ0n) is 14.3. The molecule has 0 radical (unpaired) electrons. The largest absolute Gasteiger partial charge is 0.466 e. The number of nitrogens with zero attached hydrogens (tertiary/aromatic N) is 1. The predicted molar refractivity (Wildman–Crippen MR) is 88.8 cm³/mol. The smallest absolute Gasteiger partial charge is 0.309 e. The molecule has 1 saturated heterocycles. The maximum Gasteiger partial charge on any atom is 0.309 e. The van der Waals surface area contributed by atoms with Crippen molar-refractivity contribution in [2.24, 2.45) is 5.92 Å². The summed E-state index contributed by atoms with van der Waals surface area (Å²) in [6.45, 7) is 8.48. The van der Waals surface area contributed by atoms with Gasteiger partial charge >= 0.3 is 5.97 Å². The zero-order valence-corrected chi connectivity index (χ0v) is 15.1. The van der Waals surface area contributed by atoms with Gasteiger partial charge in [-0.25, -0.2) is 8.42 Å². The Morgan fingerprint density at radius 1 is 1.17 bits per heavy atom. The van der Waals surface area contributed by atoms with Crippen LogP contribution in [0.2, 0.25) is 0 Å². The van der Waals surface area contributed by atoms with Gasteiger partial charge in [0, 0.05) is 13.1 Å². The average molecular weight is 339 g/mol. The van der Waals surface area contributed by atoms with E-state index in [0.29, 0.717) is 37.4 Å². The zero-order chi connectivity index (χ0) is 17.2. The van der Waals surface area contributed by atoms with Crippen LogP contribution in [-0.2, 0) is 19.6 Å². The van der Waals surface area contributed by atoms with Gasteiger partial charge in [-0.15, -0.1) is 0 Å². The lowest BCUT2D eigenvalue weighted by Gasteiger charge is -2.31. The molecule has 0 bridgehead atoms. The van der Waals surface area contributed by atoms with Gasteiger partial charge in [-0.2, -0.15) is 4.31 Å². The van der Waals surface area contributed by atoms with Crippen LogP contribution in [0.3, 0.4) is 0 Å². The number of esters is 1. The number of hydrogen-bond donors (Lipinski definition) is 0. The van der Waals surface area contributed by atoms with E-state index in [-0.39, 0.29) is 11.9 Å². The molecule has 1 heterocycles. The Labute approximate surface area is 138 Å². The third kappa shape index (κ3) is 3.75. The quantitative estimate of drug-likeness (QED) is 0.791. The van der Waals surface area contributed by atoms with Gasteiger partial charge in [-0.3, -0.25) is 4.79 Å². The van der Waals surface area contributed by atoms with Gasteiger partial charge in [0.2, 0.25) is 10.0 Å². The first-order chi connectivity index (χ1) is 10.8. The number of rotatable bonds is 4. The number of benzene rings is 1. The Balaban J connectivity index is 2.19. The molecule has 1 aromatic carbocycles. The summed E-state index contributed by atoms with van der Waals surface area (Å²) in [4.78, 5) is 12.2. The molecule has 0 saturated carbocycles. The van der Waals surface area contributed by atoms with Crippen molar-refractivity contribution in [3.63, 3.8) is 0 Å². The number of carbonyl (C=O) groups is 1. The first-order valence-corrected chi connectivity index (χ1v) is 9.46. The van der Waals surface area contributed by atoms with Crippen molar-refractivity contribution in [2.75, 3.05) is 19.7 Å². The highest BCUT2D eigenvalue weighted by Gasteiger charge is 2.34. The molecule has 0 amide bonds. The minimum Gasteiger partial charge on any atom is -0.466 e. The normalized spacial score (nSPS) is 17.2. The lowest BCUT2D eigenvalue weighted by molar-refractivity contribution is -0.149. The fraction of sp³-hybridized carbons (Fsp3) is 0.588. The summed E-state index contributed by atoms with van der Waals surface area (Å²) in [5.41, 5.74) is 2.60. The molecule has 5 nitrogen and oxygen atoms in total. The van der Waals surface area contributed by atoms with Gasteiger partial charge in [-0.1, -0.05) is 17.7 Å². The lowest BCUT2D eigenvalue weighted by Crippen LogP contribution is -2.41. The molecule has 1 aliphatic heterocycles. The van der Waals surface area contributed by atoms with Crippen molar-refractivity contribution in [1.29, 1.82) is 0 Å². The summed E-state index contributed by atoms with van der Waals surface area (Å²) in [5.74, 6) is -0.408. The fourth-order valence-electron chi connectivity index (χ4n) is 3.29. The van der Waals surface area contributed by atoms with E-state index in [1.165, 1.54) is 4.31 Å². The highest BCUT2D eigenvalue weighted by atomic mass is 32.2. The molecular formula is C17H25NO4S. The Bertz CT molecular complexity index is 666. The van der Waals surface area contributed by atoms with Crippen molar-refractivity contribution < 1.29 is 17.9 Å². The Morgan fingerprint density at radius 2 is 1.70 bits per heavy atom. The summed E-state index contributed by atoms with van der Waals surface area (Å²) in [5, 5.41) is 0. The van der Waals surface area contributed by atoms with Crippen LogP contribution < -0.4 is 0 Å². The van der Waals surface area contributed by atoms with E-state index >= 15 is 0 Å². The van der Waals surface area contributed by atoms with Crippen LogP contribution in [0, 0.1) is 26.7 Å². The first-order valence-electron chi connectivity index (χ1n) is 8.02. The number of piperidine rings is 1. The third-order valence-corrected chi connectivity index (χ3v) is 6.48. The molecule has 1 aliphatic rings. The molecular weight excluding hydrogens is 314 g/mol. The second kappa shape index (κ2) is 7.01. The van der Waals surface area contributed by atoms with Crippen molar-refractivity contribution >= 4 is 16.0 Å². The van der Waals surface area contributed by atoms with Crippen molar-refractivity contribution in [3.05, 3.63) is 28.8 Å². The van der Waals surface area contributed by atoms with Crippen LogP contribution >= 0.6 is 0 Å². The van der Waals surface area contributed by atoms with Gasteiger partial charge in [0.05, 0.1) is 17.4 Å².